The van der Waals surface area contributed by atoms with Crippen molar-refractivity contribution >= 4 is 11.8 Å². The maximum absolute atomic E-state index is 13.4. The molecule has 0 radical (unpaired) electrons. The standard InChI is InChI=1S/C28H40O7/c1-13-9-21(34-25(33)16(13)12-29)14(2)17-5-6-18-15-10-23-28(35-23)24(32)20(30)11-22(31)27(28,4)19(15)7-8-26(17,18)3/h14-15,17-21,23-24,29-30,32H,5-12H2,1-4H3/t14-,15-,17+,18-,19-,20-,21+,23+,24-,26+,27-,28-/m0/s1. The number of carbonyl (C=O) groups excluding carboxylic acids is 2. The van der Waals surface area contributed by atoms with Gasteiger partial charge in [-0.3, -0.25) is 4.79 Å². The first kappa shape index (κ1) is 24.1. The molecule has 0 amide bonds. The molecule has 2 heterocycles. The van der Waals surface area contributed by atoms with Crippen molar-refractivity contribution in [2.45, 2.75) is 103 Å². The minimum absolute atomic E-state index is 0.00997. The van der Waals surface area contributed by atoms with E-state index in [0.717, 1.165) is 37.7 Å². The number of epoxide rings is 1. The third-order valence-corrected chi connectivity index (χ3v) is 12.0. The van der Waals surface area contributed by atoms with Crippen LogP contribution in [-0.4, -0.2) is 63.7 Å². The van der Waals surface area contributed by atoms with Gasteiger partial charge in [-0.25, -0.2) is 4.79 Å². The van der Waals surface area contributed by atoms with E-state index in [4.69, 9.17) is 9.47 Å². The van der Waals surface area contributed by atoms with Crippen LogP contribution >= 0.6 is 0 Å². The Morgan fingerprint density at radius 3 is 2.51 bits per heavy atom. The number of ether oxygens (including phenoxy) is 2. The van der Waals surface area contributed by atoms with Crippen LogP contribution in [0.5, 0.6) is 0 Å². The second kappa shape index (κ2) is 7.62. The monoisotopic (exact) mass is 488 g/mol. The highest BCUT2D eigenvalue weighted by atomic mass is 16.6. The van der Waals surface area contributed by atoms with E-state index in [1.165, 1.54) is 0 Å². The molecule has 6 aliphatic rings. The lowest BCUT2D eigenvalue weighted by molar-refractivity contribution is -0.180. The van der Waals surface area contributed by atoms with Crippen molar-refractivity contribution < 1.29 is 34.4 Å². The first-order valence-corrected chi connectivity index (χ1v) is 13.6. The number of esters is 1. The highest BCUT2D eigenvalue weighted by Crippen LogP contribution is 2.73. The largest absolute Gasteiger partial charge is 0.458 e. The molecule has 7 heteroatoms. The second-order valence-corrected chi connectivity index (χ2v) is 13.0. The van der Waals surface area contributed by atoms with E-state index in [1.54, 1.807) is 0 Å². The molecule has 6 rings (SSSR count). The van der Waals surface area contributed by atoms with Crippen molar-refractivity contribution in [2.24, 2.45) is 40.4 Å². The van der Waals surface area contributed by atoms with Crippen molar-refractivity contribution in [3.63, 3.8) is 0 Å². The summed E-state index contributed by atoms with van der Waals surface area (Å²) < 4.78 is 12.0. The van der Waals surface area contributed by atoms with Crippen molar-refractivity contribution in [3.8, 4) is 0 Å². The summed E-state index contributed by atoms with van der Waals surface area (Å²) in [7, 11) is 0. The number of aliphatic hydroxyl groups excluding tert-OH is 3. The fourth-order valence-corrected chi connectivity index (χ4v) is 10.0. The maximum atomic E-state index is 13.4. The Balaban J connectivity index is 1.27. The molecule has 0 aromatic carbocycles. The zero-order valence-corrected chi connectivity index (χ0v) is 21.3. The van der Waals surface area contributed by atoms with Crippen LogP contribution in [0.25, 0.3) is 0 Å². The molecule has 12 atom stereocenters. The lowest BCUT2D eigenvalue weighted by atomic mass is 9.43. The topological polar surface area (TPSA) is 117 Å². The van der Waals surface area contributed by atoms with Crippen LogP contribution in [-0.2, 0) is 19.1 Å². The van der Waals surface area contributed by atoms with Crippen LogP contribution in [0.15, 0.2) is 11.1 Å². The zero-order chi connectivity index (χ0) is 25.1. The third-order valence-electron chi connectivity index (χ3n) is 12.0. The number of rotatable bonds is 3. The Hall–Kier alpha value is -1.28. The second-order valence-electron chi connectivity index (χ2n) is 13.0. The van der Waals surface area contributed by atoms with Gasteiger partial charge >= 0.3 is 5.97 Å². The number of aliphatic hydroxyl groups is 3. The van der Waals surface area contributed by atoms with Crippen LogP contribution in [0, 0.1) is 40.4 Å². The van der Waals surface area contributed by atoms with Crippen LogP contribution in [0.1, 0.15) is 72.6 Å². The van der Waals surface area contributed by atoms with Gasteiger partial charge < -0.3 is 24.8 Å². The number of Topliss-reactive ketones (excluding diaryl/α,β-unsaturated/α-hetero) is 1. The van der Waals surface area contributed by atoms with E-state index >= 15 is 0 Å². The minimum Gasteiger partial charge on any atom is -0.458 e. The average Bonchev–Trinajstić information content (AvgIpc) is 3.44. The van der Waals surface area contributed by atoms with Crippen LogP contribution < -0.4 is 0 Å². The highest BCUT2D eigenvalue weighted by Gasteiger charge is 2.82. The number of hydrogen-bond donors (Lipinski definition) is 3. The molecular formula is C28H40O7. The van der Waals surface area contributed by atoms with Crippen molar-refractivity contribution in [3.05, 3.63) is 11.1 Å². The van der Waals surface area contributed by atoms with Gasteiger partial charge in [0.25, 0.3) is 0 Å². The molecule has 0 unspecified atom stereocenters. The summed E-state index contributed by atoms with van der Waals surface area (Å²) >= 11 is 0. The normalized spacial score (nSPS) is 53.8. The van der Waals surface area contributed by atoms with Gasteiger partial charge in [0, 0.05) is 12.8 Å². The molecule has 0 aromatic heterocycles. The Labute approximate surface area is 207 Å². The third kappa shape index (κ3) is 2.87. The summed E-state index contributed by atoms with van der Waals surface area (Å²) in [4.78, 5) is 25.9. The van der Waals surface area contributed by atoms with Gasteiger partial charge in [0.15, 0.2) is 0 Å². The molecule has 0 bridgehead atoms. The van der Waals surface area contributed by atoms with Gasteiger partial charge in [0.1, 0.15) is 23.6 Å². The van der Waals surface area contributed by atoms with Crippen molar-refractivity contribution in [1.82, 2.24) is 0 Å². The summed E-state index contributed by atoms with van der Waals surface area (Å²) in [6.45, 7) is 8.29. The van der Waals surface area contributed by atoms with Crippen molar-refractivity contribution in [2.75, 3.05) is 6.61 Å². The van der Waals surface area contributed by atoms with E-state index in [1.807, 2.05) is 13.8 Å². The molecule has 194 valence electrons. The fourth-order valence-electron chi connectivity index (χ4n) is 10.0. The Morgan fingerprint density at radius 1 is 1.09 bits per heavy atom. The van der Waals surface area contributed by atoms with Gasteiger partial charge in [-0.2, -0.15) is 0 Å². The number of cyclic esters (lactones) is 1. The molecule has 7 nitrogen and oxygen atoms in total. The van der Waals surface area contributed by atoms with Crippen LogP contribution in [0.3, 0.4) is 0 Å². The quantitative estimate of drug-likeness (QED) is 0.413. The first-order valence-electron chi connectivity index (χ1n) is 13.6. The molecule has 2 aliphatic heterocycles. The SMILES string of the molecule is CC1=C(CO)C(=O)O[C@@H]([C@@H](C)[C@H]2CC[C@H]3[C@@H]4C[C@H]5O[C@]56[C@@H](O)[C@@H](O)CC(=O)[C@]6(C)[C@H]4CC[C@]23C)C1. The summed E-state index contributed by atoms with van der Waals surface area (Å²) in [5.74, 6) is 1.29. The lowest BCUT2D eigenvalue weighted by Crippen LogP contribution is -2.68. The predicted molar refractivity (Wildman–Crippen MR) is 126 cm³/mol. The molecule has 5 fully saturated rings. The number of ketones is 1. The Morgan fingerprint density at radius 2 is 1.83 bits per heavy atom. The molecule has 1 saturated heterocycles. The van der Waals surface area contributed by atoms with E-state index in [-0.39, 0.29) is 54.2 Å². The predicted octanol–water partition coefficient (Wildman–Crippen LogP) is 2.55. The van der Waals surface area contributed by atoms with Gasteiger partial charge in [0.05, 0.1) is 29.8 Å². The van der Waals surface area contributed by atoms with Gasteiger partial charge in [0.2, 0.25) is 0 Å². The molecule has 4 saturated carbocycles. The number of carbonyl (C=O) groups is 2. The van der Waals surface area contributed by atoms with Gasteiger partial charge in [-0.15, -0.1) is 0 Å². The highest BCUT2D eigenvalue weighted by molar-refractivity contribution is 5.90. The smallest absolute Gasteiger partial charge is 0.336 e. The van der Waals surface area contributed by atoms with E-state index in [2.05, 4.69) is 13.8 Å². The van der Waals surface area contributed by atoms with Gasteiger partial charge in [-0.1, -0.05) is 19.4 Å². The number of fused-ring (bicyclic) bond motifs is 4. The molecule has 3 N–H and O–H groups in total. The van der Waals surface area contributed by atoms with E-state index < -0.39 is 23.2 Å². The maximum Gasteiger partial charge on any atom is 0.336 e. The molecular weight excluding hydrogens is 448 g/mol. The molecule has 4 aliphatic carbocycles. The van der Waals surface area contributed by atoms with Gasteiger partial charge in [-0.05, 0) is 81.0 Å². The van der Waals surface area contributed by atoms with Crippen molar-refractivity contribution in [1.29, 1.82) is 0 Å². The summed E-state index contributed by atoms with van der Waals surface area (Å²) in [6, 6.07) is 0. The Bertz CT molecular complexity index is 990. The van der Waals surface area contributed by atoms with Crippen LogP contribution in [0.4, 0.5) is 0 Å². The first-order chi connectivity index (χ1) is 16.5. The molecule has 0 aromatic rings. The minimum atomic E-state index is -1.04. The van der Waals surface area contributed by atoms with Crippen LogP contribution in [0.2, 0.25) is 0 Å². The van der Waals surface area contributed by atoms with E-state index in [0.29, 0.717) is 29.7 Å². The summed E-state index contributed by atoms with van der Waals surface area (Å²) in [5.41, 5.74) is -0.221. The summed E-state index contributed by atoms with van der Waals surface area (Å²) in [5, 5.41) is 30.8. The average molecular weight is 489 g/mol. The lowest BCUT2D eigenvalue weighted by Gasteiger charge is -2.59. The van der Waals surface area contributed by atoms with E-state index in [9.17, 15) is 24.9 Å². The fraction of sp³-hybridized carbons (Fsp3) is 0.857. The summed E-state index contributed by atoms with van der Waals surface area (Å²) in [6.07, 6.45) is 3.27. The molecule has 35 heavy (non-hydrogen) atoms. The number of hydrogen-bond acceptors (Lipinski definition) is 7. The molecule has 1 spiro atoms. The zero-order valence-electron chi connectivity index (χ0n) is 21.3. The Kier molecular flexibility index (Phi) is 5.24.